The summed E-state index contributed by atoms with van der Waals surface area (Å²) < 4.78 is 27.0. The van der Waals surface area contributed by atoms with Crippen LogP contribution in [0.4, 0.5) is 11.4 Å². The highest BCUT2D eigenvalue weighted by Gasteiger charge is 2.29. The van der Waals surface area contributed by atoms with Crippen LogP contribution in [-0.4, -0.2) is 19.9 Å². The maximum Gasteiger partial charge on any atom is 0.271 e. The zero-order valence-electron chi connectivity index (χ0n) is 13.3. The van der Waals surface area contributed by atoms with Crippen molar-refractivity contribution in [2.45, 2.75) is 25.5 Å². The van der Waals surface area contributed by atoms with Crippen molar-refractivity contribution in [3.8, 4) is 0 Å². The van der Waals surface area contributed by atoms with Crippen LogP contribution < -0.4 is 4.31 Å². The van der Waals surface area contributed by atoms with Crippen molar-refractivity contribution in [2.75, 3.05) is 10.8 Å². The standard InChI is InChI=1S/C17H18N2O4S/c1-13-4-6-14(7-5-13)12-24(22,23)18-10-2-3-15-8-9-16(19(20)21)11-17(15)18/h4-9,11H,2-3,10,12H2,1H3. The summed E-state index contributed by atoms with van der Waals surface area (Å²) in [4.78, 5) is 10.5. The molecule has 7 heteroatoms. The Hall–Kier alpha value is -2.41. The Bertz CT molecular complexity index is 876. The van der Waals surface area contributed by atoms with E-state index in [2.05, 4.69) is 0 Å². The van der Waals surface area contributed by atoms with Gasteiger partial charge in [0.15, 0.2) is 0 Å². The molecule has 6 nitrogen and oxygen atoms in total. The molecule has 1 aliphatic rings. The van der Waals surface area contributed by atoms with Crippen LogP contribution in [0.3, 0.4) is 0 Å². The molecule has 0 fully saturated rings. The molecule has 0 aromatic heterocycles. The van der Waals surface area contributed by atoms with Crippen LogP contribution in [0, 0.1) is 17.0 Å². The van der Waals surface area contributed by atoms with Crippen LogP contribution in [0.2, 0.25) is 0 Å². The third kappa shape index (κ3) is 3.26. The first kappa shape index (κ1) is 16.4. The summed E-state index contributed by atoms with van der Waals surface area (Å²) in [5.74, 6) is -0.116. The number of fused-ring (bicyclic) bond motifs is 1. The molecule has 0 N–H and O–H groups in total. The number of non-ortho nitro benzene ring substituents is 1. The van der Waals surface area contributed by atoms with E-state index >= 15 is 0 Å². The maximum atomic E-state index is 12.8. The van der Waals surface area contributed by atoms with Crippen molar-refractivity contribution in [1.29, 1.82) is 0 Å². The minimum Gasteiger partial charge on any atom is -0.269 e. The second-order valence-electron chi connectivity index (χ2n) is 5.99. The third-order valence-electron chi connectivity index (χ3n) is 4.16. The summed E-state index contributed by atoms with van der Waals surface area (Å²) in [5.41, 5.74) is 2.95. The molecule has 126 valence electrons. The normalized spacial score (nSPS) is 14.3. The molecule has 1 heterocycles. The highest BCUT2D eigenvalue weighted by Crippen LogP contribution is 2.33. The second-order valence-corrected chi connectivity index (χ2v) is 7.88. The van der Waals surface area contributed by atoms with Crippen LogP contribution >= 0.6 is 0 Å². The van der Waals surface area contributed by atoms with Gasteiger partial charge in [-0.15, -0.1) is 0 Å². The quantitative estimate of drug-likeness (QED) is 0.629. The van der Waals surface area contributed by atoms with Crippen LogP contribution in [0.1, 0.15) is 23.1 Å². The van der Waals surface area contributed by atoms with E-state index in [9.17, 15) is 18.5 Å². The maximum absolute atomic E-state index is 12.8. The molecule has 0 saturated carbocycles. The molecule has 0 unspecified atom stereocenters. The average molecular weight is 346 g/mol. The van der Waals surface area contributed by atoms with Crippen LogP contribution in [-0.2, 0) is 22.2 Å². The van der Waals surface area contributed by atoms with E-state index in [0.29, 0.717) is 24.2 Å². The number of hydrogen-bond acceptors (Lipinski definition) is 4. The predicted octanol–water partition coefficient (Wildman–Crippen LogP) is 3.19. The highest BCUT2D eigenvalue weighted by atomic mass is 32.2. The van der Waals surface area contributed by atoms with Gasteiger partial charge < -0.3 is 0 Å². The van der Waals surface area contributed by atoms with E-state index in [1.165, 1.54) is 16.4 Å². The van der Waals surface area contributed by atoms with Crippen LogP contribution in [0.5, 0.6) is 0 Å². The predicted molar refractivity (Wildman–Crippen MR) is 92.6 cm³/mol. The Morgan fingerprint density at radius 3 is 2.54 bits per heavy atom. The summed E-state index contributed by atoms with van der Waals surface area (Å²) in [7, 11) is -3.59. The van der Waals surface area contributed by atoms with Gasteiger partial charge >= 0.3 is 0 Å². The third-order valence-corrected chi connectivity index (χ3v) is 5.91. The summed E-state index contributed by atoms with van der Waals surface area (Å²) in [6, 6.07) is 11.8. The Morgan fingerprint density at radius 2 is 1.88 bits per heavy atom. The SMILES string of the molecule is Cc1ccc(CS(=O)(=O)N2CCCc3ccc([N+](=O)[O-])cc32)cc1. The van der Waals surface area contributed by atoms with Gasteiger partial charge in [-0.25, -0.2) is 8.42 Å². The van der Waals surface area contributed by atoms with E-state index < -0.39 is 14.9 Å². The lowest BCUT2D eigenvalue weighted by Crippen LogP contribution is -2.36. The Morgan fingerprint density at radius 1 is 1.17 bits per heavy atom. The van der Waals surface area contributed by atoms with E-state index in [1.54, 1.807) is 18.2 Å². The van der Waals surface area contributed by atoms with Crippen molar-refractivity contribution in [1.82, 2.24) is 0 Å². The van der Waals surface area contributed by atoms with Gasteiger partial charge in [0.25, 0.3) is 5.69 Å². The molecule has 0 atom stereocenters. The fourth-order valence-electron chi connectivity index (χ4n) is 2.90. The molecule has 2 aromatic rings. The molecule has 0 saturated heterocycles. The fourth-order valence-corrected chi connectivity index (χ4v) is 4.55. The lowest BCUT2D eigenvalue weighted by molar-refractivity contribution is -0.384. The van der Waals surface area contributed by atoms with Crippen molar-refractivity contribution in [2.24, 2.45) is 0 Å². The van der Waals surface area contributed by atoms with Gasteiger partial charge in [0.2, 0.25) is 10.0 Å². The number of hydrogen-bond donors (Lipinski definition) is 0. The largest absolute Gasteiger partial charge is 0.271 e. The molecule has 0 bridgehead atoms. The highest BCUT2D eigenvalue weighted by molar-refractivity contribution is 7.92. The molecule has 0 radical (unpaired) electrons. The van der Waals surface area contributed by atoms with Gasteiger partial charge in [-0.1, -0.05) is 35.9 Å². The Kier molecular flexibility index (Phi) is 4.28. The summed E-state index contributed by atoms with van der Waals surface area (Å²) in [6.45, 7) is 2.29. The van der Waals surface area contributed by atoms with E-state index in [4.69, 9.17) is 0 Å². The molecule has 0 aliphatic carbocycles. The van der Waals surface area contributed by atoms with Crippen molar-refractivity contribution in [3.63, 3.8) is 0 Å². The number of nitro groups is 1. The molecule has 24 heavy (non-hydrogen) atoms. The first-order valence-electron chi connectivity index (χ1n) is 7.70. The molecule has 3 rings (SSSR count). The number of rotatable bonds is 4. The molecular weight excluding hydrogens is 328 g/mol. The zero-order valence-corrected chi connectivity index (χ0v) is 14.1. The Labute approximate surface area is 140 Å². The van der Waals surface area contributed by atoms with Gasteiger partial charge in [-0.3, -0.25) is 14.4 Å². The fraction of sp³-hybridized carbons (Fsp3) is 0.294. The number of sulfonamides is 1. The van der Waals surface area contributed by atoms with Gasteiger partial charge in [-0.2, -0.15) is 0 Å². The molecule has 1 aliphatic heterocycles. The Balaban J connectivity index is 1.96. The van der Waals surface area contributed by atoms with Crippen molar-refractivity contribution >= 4 is 21.4 Å². The number of nitro benzene ring substituents is 1. The summed E-state index contributed by atoms with van der Waals surface area (Å²) in [6.07, 6.45) is 1.43. The van der Waals surface area contributed by atoms with Crippen molar-refractivity contribution in [3.05, 3.63) is 69.3 Å². The minimum atomic E-state index is -3.59. The van der Waals surface area contributed by atoms with Crippen molar-refractivity contribution < 1.29 is 13.3 Å². The minimum absolute atomic E-state index is 0.0915. The molecule has 0 spiro atoms. The number of nitrogens with zero attached hydrogens (tertiary/aromatic N) is 2. The van der Waals surface area contributed by atoms with Crippen LogP contribution in [0.25, 0.3) is 0 Å². The topological polar surface area (TPSA) is 80.5 Å². The van der Waals surface area contributed by atoms with Gasteiger partial charge in [0.1, 0.15) is 0 Å². The lowest BCUT2D eigenvalue weighted by atomic mass is 10.0. The van der Waals surface area contributed by atoms with Gasteiger partial charge in [0, 0.05) is 18.7 Å². The van der Waals surface area contributed by atoms with Gasteiger partial charge in [0.05, 0.1) is 16.4 Å². The lowest BCUT2D eigenvalue weighted by Gasteiger charge is -2.30. The second kappa shape index (κ2) is 6.24. The van der Waals surface area contributed by atoms with Crippen LogP contribution in [0.15, 0.2) is 42.5 Å². The monoisotopic (exact) mass is 346 g/mol. The summed E-state index contributed by atoms with van der Waals surface area (Å²) in [5, 5.41) is 11.0. The molecule has 2 aromatic carbocycles. The first-order valence-corrected chi connectivity index (χ1v) is 9.31. The van der Waals surface area contributed by atoms with E-state index in [-0.39, 0.29) is 11.4 Å². The van der Waals surface area contributed by atoms with E-state index in [1.807, 2.05) is 19.1 Å². The molecular formula is C17H18N2O4S. The van der Waals surface area contributed by atoms with Gasteiger partial charge in [-0.05, 0) is 30.9 Å². The number of benzene rings is 2. The molecule has 0 amide bonds. The smallest absolute Gasteiger partial charge is 0.269 e. The average Bonchev–Trinajstić information content (AvgIpc) is 2.55. The van der Waals surface area contributed by atoms with E-state index in [0.717, 1.165) is 17.5 Å². The number of aryl methyl sites for hydroxylation is 2. The summed E-state index contributed by atoms with van der Waals surface area (Å²) >= 11 is 0. The first-order chi connectivity index (χ1) is 11.4. The zero-order chi connectivity index (χ0) is 17.3. The number of anilines is 1.